The van der Waals surface area contributed by atoms with E-state index in [1.807, 2.05) is 30.3 Å². The van der Waals surface area contributed by atoms with Gasteiger partial charge in [0.15, 0.2) is 6.10 Å². The number of aryl methyl sites for hydroxylation is 1. The molecule has 35 heavy (non-hydrogen) atoms. The lowest BCUT2D eigenvalue weighted by atomic mass is 9.94. The van der Waals surface area contributed by atoms with Crippen LogP contribution in [-0.2, 0) is 27.1 Å². The predicted octanol–water partition coefficient (Wildman–Crippen LogP) is 5.95. The van der Waals surface area contributed by atoms with Crippen molar-refractivity contribution in [3.8, 4) is 5.75 Å². The van der Waals surface area contributed by atoms with Crippen molar-refractivity contribution in [2.45, 2.75) is 38.9 Å². The molecule has 1 aliphatic carbocycles. The lowest BCUT2D eigenvalue weighted by Crippen LogP contribution is -2.26. The second kappa shape index (κ2) is 11.8. The van der Waals surface area contributed by atoms with Gasteiger partial charge in [-0.15, -0.1) is 0 Å². The van der Waals surface area contributed by atoms with Gasteiger partial charge in [-0.1, -0.05) is 73.7 Å². The molecule has 182 valence electrons. The molecule has 2 atom stereocenters. The highest BCUT2D eigenvalue weighted by Gasteiger charge is 2.22. The van der Waals surface area contributed by atoms with Crippen molar-refractivity contribution in [1.82, 2.24) is 0 Å². The van der Waals surface area contributed by atoms with Crippen LogP contribution in [0.25, 0.3) is 12.2 Å². The van der Waals surface area contributed by atoms with E-state index < -0.39 is 12.1 Å². The molecule has 1 N–H and O–H groups in total. The van der Waals surface area contributed by atoms with E-state index in [2.05, 4.69) is 55.5 Å². The highest BCUT2D eigenvalue weighted by Crippen LogP contribution is 2.36. The molecule has 0 radical (unpaired) electrons. The summed E-state index contributed by atoms with van der Waals surface area (Å²) in [7, 11) is 0. The van der Waals surface area contributed by atoms with Crippen molar-refractivity contribution in [3.05, 3.63) is 100 Å². The highest BCUT2D eigenvalue weighted by atomic mass is 16.5. The Kier molecular flexibility index (Phi) is 8.35. The summed E-state index contributed by atoms with van der Waals surface area (Å²) in [6, 6.07) is 22.4. The number of hydrogen-bond donors (Lipinski definition) is 1. The maximum Gasteiger partial charge on any atom is 0.333 e. The van der Waals surface area contributed by atoms with Gasteiger partial charge in [0, 0.05) is 13.0 Å². The molecule has 0 bridgehead atoms. The highest BCUT2D eigenvalue weighted by molar-refractivity contribution is 5.76. The summed E-state index contributed by atoms with van der Waals surface area (Å²) in [6.07, 6.45) is 4.61. The van der Waals surface area contributed by atoms with E-state index >= 15 is 0 Å². The van der Waals surface area contributed by atoms with Gasteiger partial charge in [-0.3, -0.25) is 0 Å². The molecule has 0 heterocycles. The van der Waals surface area contributed by atoms with Gasteiger partial charge in [-0.05, 0) is 58.9 Å². The van der Waals surface area contributed by atoms with Crippen LogP contribution in [0.15, 0.2) is 66.7 Å². The SMILES string of the molecule is CCOC(Cc1ccc(OCCOC2c3ccccc3C=Cc3ccc(CC)cc32)cc1)C(=O)O. The number of ether oxygens (including phenoxy) is 3. The number of aliphatic carboxylic acids is 1. The van der Waals surface area contributed by atoms with Gasteiger partial charge >= 0.3 is 5.97 Å². The summed E-state index contributed by atoms with van der Waals surface area (Å²) < 4.78 is 17.6. The van der Waals surface area contributed by atoms with E-state index in [4.69, 9.17) is 14.2 Å². The average molecular weight is 473 g/mol. The Bertz CT molecular complexity index is 1170. The van der Waals surface area contributed by atoms with Gasteiger partial charge in [0.1, 0.15) is 18.5 Å². The first-order valence-electron chi connectivity index (χ1n) is 12.2. The fraction of sp³-hybridized carbons (Fsp3) is 0.300. The molecule has 0 aromatic heterocycles. The van der Waals surface area contributed by atoms with E-state index in [1.165, 1.54) is 16.7 Å². The van der Waals surface area contributed by atoms with Crippen molar-refractivity contribution in [2.75, 3.05) is 19.8 Å². The van der Waals surface area contributed by atoms with Gasteiger partial charge < -0.3 is 19.3 Å². The van der Waals surface area contributed by atoms with E-state index in [-0.39, 0.29) is 6.10 Å². The number of rotatable bonds is 11. The van der Waals surface area contributed by atoms with E-state index in [9.17, 15) is 9.90 Å². The minimum Gasteiger partial charge on any atom is -0.491 e. The summed E-state index contributed by atoms with van der Waals surface area (Å²) >= 11 is 0. The zero-order valence-corrected chi connectivity index (χ0v) is 20.3. The third-order valence-corrected chi connectivity index (χ3v) is 6.19. The Labute approximate surface area is 207 Å². The Morgan fingerprint density at radius 3 is 2.31 bits per heavy atom. The van der Waals surface area contributed by atoms with Crippen LogP contribution in [-0.4, -0.2) is 37.0 Å². The quantitative estimate of drug-likeness (QED) is 0.349. The summed E-state index contributed by atoms with van der Waals surface area (Å²) in [6.45, 7) is 5.16. The number of fused-ring (bicyclic) bond motifs is 2. The van der Waals surface area contributed by atoms with Crippen LogP contribution in [0.1, 0.15) is 53.3 Å². The summed E-state index contributed by atoms with van der Waals surface area (Å²) in [4.78, 5) is 11.3. The lowest BCUT2D eigenvalue weighted by molar-refractivity contribution is -0.149. The van der Waals surface area contributed by atoms with Crippen LogP contribution in [0.3, 0.4) is 0 Å². The zero-order chi connectivity index (χ0) is 24.6. The number of carbonyl (C=O) groups is 1. The molecule has 4 rings (SSSR count). The topological polar surface area (TPSA) is 65.0 Å². The minimum atomic E-state index is -0.952. The molecule has 1 aliphatic rings. The van der Waals surface area contributed by atoms with Gasteiger partial charge in [0.2, 0.25) is 0 Å². The average Bonchev–Trinajstić information content (AvgIpc) is 3.03. The molecule has 0 aliphatic heterocycles. The fourth-order valence-electron chi connectivity index (χ4n) is 4.33. The second-order valence-corrected chi connectivity index (χ2v) is 8.51. The molecule has 0 saturated carbocycles. The van der Waals surface area contributed by atoms with Crippen LogP contribution in [0, 0.1) is 0 Å². The largest absolute Gasteiger partial charge is 0.491 e. The smallest absolute Gasteiger partial charge is 0.333 e. The van der Waals surface area contributed by atoms with Crippen LogP contribution in [0.5, 0.6) is 5.75 Å². The van der Waals surface area contributed by atoms with E-state index in [0.717, 1.165) is 28.9 Å². The summed E-state index contributed by atoms with van der Waals surface area (Å²) in [5.41, 5.74) is 6.84. The molecular formula is C30H32O5. The van der Waals surface area contributed by atoms with Gasteiger partial charge in [0.25, 0.3) is 0 Å². The summed E-state index contributed by atoms with van der Waals surface area (Å²) in [5.74, 6) is -0.232. The van der Waals surface area contributed by atoms with Crippen molar-refractivity contribution >= 4 is 18.1 Å². The maximum absolute atomic E-state index is 11.3. The molecule has 5 nitrogen and oxygen atoms in total. The van der Waals surface area contributed by atoms with E-state index in [0.29, 0.717) is 26.2 Å². The third kappa shape index (κ3) is 6.18. The Morgan fingerprint density at radius 2 is 1.60 bits per heavy atom. The second-order valence-electron chi connectivity index (χ2n) is 8.51. The Hall–Kier alpha value is -3.41. The molecule has 0 saturated heterocycles. The Morgan fingerprint density at radius 1 is 0.886 bits per heavy atom. The molecule has 0 amide bonds. The number of carboxylic acid groups (broad SMARTS) is 1. The van der Waals surface area contributed by atoms with Crippen LogP contribution in [0.2, 0.25) is 0 Å². The maximum atomic E-state index is 11.3. The molecule has 0 spiro atoms. The normalized spacial score (nSPS) is 15.1. The van der Waals surface area contributed by atoms with Gasteiger partial charge in [0.05, 0.1) is 6.61 Å². The first-order chi connectivity index (χ1) is 17.1. The van der Waals surface area contributed by atoms with Crippen LogP contribution >= 0.6 is 0 Å². The number of benzene rings is 3. The molecule has 0 fully saturated rings. The first-order valence-corrected chi connectivity index (χ1v) is 12.2. The first kappa shape index (κ1) is 24.7. The molecule has 3 aromatic rings. The van der Waals surface area contributed by atoms with Gasteiger partial charge in [-0.2, -0.15) is 0 Å². The third-order valence-electron chi connectivity index (χ3n) is 6.19. The fourth-order valence-corrected chi connectivity index (χ4v) is 4.33. The van der Waals surface area contributed by atoms with Crippen molar-refractivity contribution in [2.24, 2.45) is 0 Å². The molecule has 5 heteroatoms. The van der Waals surface area contributed by atoms with Gasteiger partial charge in [-0.25, -0.2) is 4.79 Å². The summed E-state index contributed by atoms with van der Waals surface area (Å²) in [5, 5.41) is 9.27. The molecule has 3 aromatic carbocycles. The molecular weight excluding hydrogens is 440 g/mol. The molecule has 2 unspecified atom stereocenters. The van der Waals surface area contributed by atoms with Crippen molar-refractivity contribution < 1.29 is 24.1 Å². The zero-order valence-electron chi connectivity index (χ0n) is 20.3. The van der Waals surface area contributed by atoms with E-state index in [1.54, 1.807) is 6.92 Å². The monoisotopic (exact) mass is 472 g/mol. The van der Waals surface area contributed by atoms with Crippen LogP contribution < -0.4 is 4.74 Å². The lowest BCUT2D eigenvalue weighted by Gasteiger charge is -2.22. The number of hydrogen-bond acceptors (Lipinski definition) is 4. The Balaban J connectivity index is 1.40. The van der Waals surface area contributed by atoms with Crippen molar-refractivity contribution in [1.29, 1.82) is 0 Å². The minimum absolute atomic E-state index is 0.166. The van der Waals surface area contributed by atoms with Crippen molar-refractivity contribution in [3.63, 3.8) is 0 Å². The number of carboxylic acids is 1. The predicted molar refractivity (Wildman–Crippen MR) is 138 cm³/mol. The van der Waals surface area contributed by atoms with Crippen LogP contribution in [0.4, 0.5) is 0 Å². The standard InChI is InChI=1S/C30H32O5/c1-3-21-9-12-24-14-13-23-7-5-6-8-26(23)29(27(24)19-21)35-18-17-34-25-15-10-22(11-16-25)20-28(30(31)32)33-4-2/h5-16,19,28-29H,3-4,17-18,20H2,1-2H3,(H,31,32).